The van der Waals surface area contributed by atoms with Crippen LogP contribution in [0.4, 0.5) is 4.39 Å². The third-order valence-corrected chi connectivity index (χ3v) is 5.67. The Balaban J connectivity index is 2.34. The maximum atomic E-state index is 13.3. The first-order chi connectivity index (χ1) is 16.2. The number of hydrogen-bond acceptors (Lipinski definition) is 5. The molecule has 0 bridgehead atoms. The number of benzene rings is 1. The number of hydrogen-bond donors (Lipinski definition) is 2. The normalized spacial score (nSPS) is 15.0. The van der Waals surface area contributed by atoms with Crippen LogP contribution < -0.4 is 15.6 Å². The Bertz CT molecular complexity index is 960. The van der Waals surface area contributed by atoms with Crippen LogP contribution in [0.2, 0.25) is 0 Å². The van der Waals surface area contributed by atoms with Gasteiger partial charge in [-0.15, -0.1) is 0 Å². The van der Waals surface area contributed by atoms with Gasteiger partial charge in [-0.25, -0.2) is 5.01 Å². The summed E-state index contributed by atoms with van der Waals surface area (Å²) < 4.78 is 24.4. The van der Waals surface area contributed by atoms with Gasteiger partial charge in [0, 0.05) is 29.2 Å². The summed E-state index contributed by atoms with van der Waals surface area (Å²) >= 11 is 0. The Morgan fingerprint density at radius 3 is 2.74 bits per heavy atom. The monoisotopic (exact) mass is 470 g/mol. The smallest absolute Gasteiger partial charge is 0.491 e. The summed E-state index contributed by atoms with van der Waals surface area (Å²) in [6.45, 7) is 16.1. The number of carbonyl (C=O) groups excluding carboxylic acids is 1. The minimum absolute atomic E-state index is 0.213. The number of ether oxygens (including phenoxy) is 1. The van der Waals surface area contributed by atoms with E-state index in [0.717, 1.165) is 16.7 Å². The van der Waals surface area contributed by atoms with Crippen molar-refractivity contribution >= 4 is 18.5 Å². The molecule has 0 spiro atoms. The molecule has 0 fully saturated rings. The van der Waals surface area contributed by atoms with Crippen LogP contribution in [-0.4, -0.2) is 55.5 Å². The topological polar surface area (TPSA) is 71.0 Å². The van der Waals surface area contributed by atoms with E-state index >= 15 is 0 Å². The lowest BCUT2D eigenvalue weighted by Crippen LogP contribution is -2.49. The second-order valence-electron chi connectivity index (χ2n) is 8.39. The molecule has 0 aliphatic carbocycles. The number of rotatable bonds is 11. The molecule has 0 saturated carbocycles. The quantitative estimate of drug-likeness (QED) is 0.293. The van der Waals surface area contributed by atoms with Crippen molar-refractivity contribution in [2.24, 2.45) is 0 Å². The Kier molecular flexibility index (Phi) is 10.8. The molecule has 8 heteroatoms. The molecule has 1 heterocycles. The number of halogens is 1. The number of alkyl halides is 1. The summed E-state index contributed by atoms with van der Waals surface area (Å²) in [4.78, 5) is 13.3. The van der Waals surface area contributed by atoms with E-state index in [9.17, 15) is 14.2 Å². The molecule has 0 aromatic heterocycles. The number of allylic oxidation sites excluding steroid dienone is 4. The average molecular weight is 470 g/mol. The second-order valence-corrected chi connectivity index (χ2v) is 8.39. The minimum atomic E-state index is -1.10. The zero-order valence-electron chi connectivity index (χ0n) is 20.7. The molecule has 184 valence electrons. The van der Waals surface area contributed by atoms with E-state index in [1.165, 1.54) is 0 Å². The highest BCUT2D eigenvalue weighted by Gasteiger charge is 2.29. The minimum Gasteiger partial charge on any atom is -0.491 e. The Labute approximate surface area is 202 Å². The molecular formula is C26H36BFN2O4. The van der Waals surface area contributed by atoms with Gasteiger partial charge in [0.05, 0.1) is 13.3 Å². The molecule has 2 N–H and O–H groups in total. The van der Waals surface area contributed by atoms with E-state index < -0.39 is 13.8 Å². The number of carbonyl (C=O) groups is 1. The largest absolute Gasteiger partial charge is 0.495 e. The Morgan fingerprint density at radius 1 is 1.38 bits per heavy atom. The van der Waals surface area contributed by atoms with Gasteiger partial charge in [0.1, 0.15) is 12.4 Å². The molecule has 1 aliphatic rings. The van der Waals surface area contributed by atoms with Gasteiger partial charge >= 0.3 is 7.12 Å². The fourth-order valence-electron chi connectivity index (χ4n) is 3.90. The van der Waals surface area contributed by atoms with Gasteiger partial charge in [0.2, 0.25) is 0 Å². The van der Waals surface area contributed by atoms with Gasteiger partial charge in [-0.2, -0.15) is 0 Å². The maximum Gasteiger partial charge on any atom is 0.495 e. The van der Waals surface area contributed by atoms with Gasteiger partial charge in [-0.3, -0.25) is 14.6 Å². The highest BCUT2D eigenvalue weighted by atomic mass is 19.1. The van der Waals surface area contributed by atoms with E-state index in [4.69, 9.17) is 9.39 Å². The van der Waals surface area contributed by atoms with Gasteiger partial charge < -0.3 is 14.4 Å². The molecule has 0 radical (unpaired) electrons. The molecule has 1 atom stereocenters. The fourth-order valence-corrected chi connectivity index (χ4v) is 3.90. The van der Waals surface area contributed by atoms with Crippen LogP contribution in [-0.2, 0) is 4.65 Å². The zero-order valence-corrected chi connectivity index (χ0v) is 20.7. The molecule has 1 unspecified atom stereocenters. The lowest BCUT2D eigenvalue weighted by molar-refractivity contribution is 0.0682. The molecule has 1 aromatic rings. The highest BCUT2D eigenvalue weighted by Crippen LogP contribution is 2.23. The van der Waals surface area contributed by atoms with E-state index in [1.807, 2.05) is 39.0 Å². The lowest BCUT2D eigenvalue weighted by Gasteiger charge is -2.32. The summed E-state index contributed by atoms with van der Waals surface area (Å²) in [5.74, 6) is 0.106. The molecule has 6 nitrogen and oxygen atoms in total. The molecule has 2 rings (SSSR count). The summed E-state index contributed by atoms with van der Waals surface area (Å²) in [5, 5.41) is 11.9. The van der Waals surface area contributed by atoms with E-state index in [1.54, 1.807) is 24.1 Å². The van der Waals surface area contributed by atoms with Crippen LogP contribution in [0.1, 0.15) is 49.5 Å². The van der Waals surface area contributed by atoms with Crippen molar-refractivity contribution in [1.82, 2.24) is 10.4 Å². The van der Waals surface area contributed by atoms with Gasteiger partial charge in [-0.1, -0.05) is 49.9 Å². The summed E-state index contributed by atoms with van der Waals surface area (Å²) in [6, 6.07) is 3.06. The fraction of sp³-hybridized carbons (Fsp3) is 0.423. The predicted octanol–water partition coefficient (Wildman–Crippen LogP) is 3.81. The summed E-state index contributed by atoms with van der Waals surface area (Å²) in [6.07, 6.45) is 6.71. The maximum absolute atomic E-state index is 13.3. The Hall–Kier alpha value is -2.68. The zero-order chi connectivity index (χ0) is 25.3. The van der Waals surface area contributed by atoms with Crippen LogP contribution in [0, 0.1) is 6.92 Å². The number of amides is 1. The SMILES string of the molecule is C=C(C)C=C(C=CC)C(=C)CN(NC(=O)c1ccc2c(c1C)OCCOB2O)C(CC)CCF. The number of hydrazine groups is 1. The van der Waals surface area contributed by atoms with Crippen molar-refractivity contribution in [3.63, 3.8) is 0 Å². The van der Waals surface area contributed by atoms with E-state index in [-0.39, 0.29) is 31.6 Å². The van der Waals surface area contributed by atoms with Crippen LogP contribution in [0.5, 0.6) is 5.75 Å². The van der Waals surface area contributed by atoms with Crippen molar-refractivity contribution in [2.75, 3.05) is 26.4 Å². The first-order valence-corrected chi connectivity index (χ1v) is 11.6. The summed E-state index contributed by atoms with van der Waals surface area (Å²) in [7, 11) is -1.10. The standard InChI is InChI=1S/C26H36BFN2O4/c1-7-9-21(16-18(3)4)19(5)17-30(22(8-2)12-13-28)29-26(31)23-10-11-24-25(20(23)6)33-14-15-34-27(24)32/h7,9-11,16,22,32H,3,5,8,12-15,17H2,1-2,4,6H3,(H,29,31). The van der Waals surface area contributed by atoms with Crippen LogP contribution in [0.25, 0.3) is 0 Å². The number of nitrogens with one attached hydrogen (secondary N) is 1. The molecule has 34 heavy (non-hydrogen) atoms. The van der Waals surface area contributed by atoms with E-state index in [0.29, 0.717) is 35.3 Å². The molecule has 1 aromatic carbocycles. The average Bonchev–Trinajstić information content (AvgIpc) is 2.98. The van der Waals surface area contributed by atoms with Crippen molar-refractivity contribution in [3.05, 3.63) is 71.4 Å². The number of nitrogens with zero attached hydrogens (tertiary/aromatic N) is 1. The highest BCUT2D eigenvalue weighted by molar-refractivity contribution is 6.61. The van der Waals surface area contributed by atoms with E-state index in [2.05, 4.69) is 18.6 Å². The molecule has 1 aliphatic heterocycles. The molecule has 0 saturated heterocycles. The van der Waals surface area contributed by atoms with Crippen LogP contribution in [0.15, 0.2) is 60.2 Å². The van der Waals surface area contributed by atoms with Gasteiger partial charge in [0.25, 0.3) is 5.91 Å². The number of fused-ring (bicyclic) bond motifs is 1. The first kappa shape index (κ1) is 27.6. The van der Waals surface area contributed by atoms with Gasteiger partial charge in [-0.05, 0) is 50.8 Å². The second kappa shape index (κ2) is 13.3. The Morgan fingerprint density at radius 2 is 2.12 bits per heavy atom. The van der Waals surface area contributed by atoms with Crippen molar-refractivity contribution in [1.29, 1.82) is 0 Å². The lowest BCUT2D eigenvalue weighted by atomic mass is 9.77. The van der Waals surface area contributed by atoms with Crippen molar-refractivity contribution < 1.29 is 23.6 Å². The summed E-state index contributed by atoms with van der Waals surface area (Å²) in [5.41, 5.74) is 7.03. The van der Waals surface area contributed by atoms with Crippen LogP contribution >= 0.6 is 0 Å². The third kappa shape index (κ3) is 7.16. The van der Waals surface area contributed by atoms with Gasteiger partial charge in [0.15, 0.2) is 0 Å². The molecular weight excluding hydrogens is 434 g/mol. The van der Waals surface area contributed by atoms with Crippen LogP contribution in [0.3, 0.4) is 0 Å². The molecule has 1 amide bonds. The third-order valence-electron chi connectivity index (χ3n) is 5.67. The first-order valence-electron chi connectivity index (χ1n) is 11.6. The predicted molar refractivity (Wildman–Crippen MR) is 136 cm³/mol. The van der Waals surface area contributed by atoms with Crippen molar-refractivity contribution in [3.8, 4) is 5.75 Å². The van der Waals surface area contributed by atoms with Crippen molar-refractivity contribution in [2.45, 2.75) is 46.6 Å².